The van der Waals surface area contributed by atoms with Crippen LogP contribution in [-0.4, -0.2) is 69.2 Å². The number of nitrogens with zero attached hydrogens (tertiary/aromatic N) is 5. The summed E-state index contributed by atoms with van der Waals surface area (Å²) >= 11 is 0. The number of rotatable bonds is 5. The van der Waals surface area contributed by atoms with E-state index in [4.69, 9.17) is 5.73 Å². The van der Waals surface area contributed by atoms with E-state index in [0.717, 1.165) is 25.4 Å². The van der Waals surface area contributed by atoms with Gasteiger partial charge in [0.2, 0.25) is 5.91 Å². The van der Waals surface area contributed by atoms with Gasteiger partial charge in [-0.2, -0.15) is 18.3 Å². The molecule has 2 N–H and O–H groups in total. The molecule has 8 nitrogen and oxygen atoms in total. The average molecular weight is 482 g/mol. The third-order valence-electron chi connectivity index (χ3n) is 5.53. The minimum Gasteiger partial charge on any atom is -0.384 e. The van der Waals surface area contributed by atoms with Crippen molar-refractivity contribution in [1.29, 1.82) is 0 Å². The number of hydrogen-bond acceptors (Lipinski definition) is 5. The molecule has 0 atom stereocenters. The first-order chi connectivity index (χ1) is 15.9. The second-order valence-electron chi connectivity index (χ2n) is 8.07. The molecule has 0 bridgehead atoms. The van der Waals surface area contributed by atoms with Crippen molar-refractivity contribution < 1.29 is 31.5 Å². The smallest absolute Gasteiger partial charge is 0.384 e. The van der Waals surface area contributed by atoms with Gasteiger partial charge < -0.3 is 15.5 Å². The molecular formula is C21H19F5N6O2. The van der Waals surface area contributed by atoms with E-state index in [0.29, 0.717) is 21.5 Å². The Morgan fingerprint density at radius 2 is 1.91 bits per heavy atom. The summed E-state index contributed by atoms with van der Waals surface area (Å²) in [5.74, 6) is -3.16. The van der Waals surface area contributed by atoms with E-state index in [9.17, 15) is 31.5 Å². The van der Waals surface area contributed by atoms with Gasteiger partial charge in [0.1, 0.15) is 24.7 Å². The highest BCUT2D eigenvalue weighted by Gasteiger charge is 2.37. The fourth-order valence-corrected chi connectivity index (χ4v) is 3.81. The van der Waals surface area contributed by atoms with E-state index >= 15 is 0 Å². The van der Waals surface area contributed by atoms with Gasteiger partial charge in [-0.25, -0.2) is 13.8 Å². The van der Waals surface area contributed by atoms with Crippen LogP contribution >= 0.6 is 0 Å². The summed E-state index contributed by atoms with van der Waals surface area (Å²) in [6, 6.07) is 4.88. The number of amides is 2. The summed E-state index contributed by atoms with van der Waals surface area (Å²) in [5.41, 5.74) is 6.05. The predicted octanol–water partition coefficient (Wildman–Crippen LogP) is 2.55. The van der Waals surface area contributed by atoms with Crippen LogP contribution in [0.3, 0.4) is 0 Å². The molecule has 0 spiro atoms. The molecule has 0 saturated carbocycles. The van der Waals surface area contributed by atoms with Crippen molar-refractivity contribution >= 4 is 28.5 Å². The zero-order chi connectivity index (χ0) is 24.8. The molecule has 1 aromatic carbocycles. The van der Waals surface area contributed by atoms with E-state index in [2.05, 4.69) is 10.1 Å². The fraction of sp³-hybridized carbons (Fsp3) is 0.333. The van der Waals surface area contributed by atoms with Crippen molar-refractivity contribution in [2.45, 2.75) is 18.6 Å². The molecule has 1 fully saturated rings. The predicted molar refractivity (Wildman–Crippen MR) is 111 cm³/mol. The maximum absolute atomic E-state index is 14.0. The van der Waals surface area contributed by atoms with E-state index in [1.807, 2.05) is 0 Å². The molecule has 13 heteroatoms. The van der Waals surface area contributed by atoms with Gasteiger partial charge in [-0.15, -0.1) is 0 Å². The summed E-state index contributed by atoms with van der Waals surface area (Å²) in [6.07, 6.45) is -3.70. The highest BCUT2D eigenvalue weighted by Crippen LogP contribution is 2.33. The van der Waals surface area contributed by atoms with Crippen molar-refractivity contribution in [3.63, 3.8) is 0 Å². The minimum absolute atomic E-state index is 0.0119. The largest absolute Gasteiger partial charge is 0.406 e. The molecule has 1 saturated heterocycles. The molecule has 1 aliphatic heterocycles. The average Bonchev–Trinajstić information content (AvgIpc) is 3.04. The number of likely N-dealkylation sites (N-methyl/N-ethyl adjacent to an activating group) is 1. The molecule has 2 aromatic heterocycles. The number of nitrogens with two attached hydrogens (primary N) is 1. The number of benzene rings is 1. The normalized spacial score (nSPS) is 14.4. The van der Waals surface area contributed by atoms with Gasteiger partial charge in [-0.05, 0) is 24.3 Å². The molecule has 3 heterocycles. The van der Waals surface area contributed by atoms with Crippen LogP contribution < -0.4 is 5.73 Å². The standard InChI is InChI=1S/C21H19F5N6O2/c1-30(10-21(24,25)26)18(33)9-32-16-3-2-12(22)4-14(16)19(29-32)11-7-31(8-11)20(34)13-5-17(27)28-6-15(13)23/h2-6,11H,7-10H2,1H3,(H2,27,28). The number of alkyl halides is 3. The first kappa shape index (κ1) is 23.4. The van der Waals surface area contributed by atoms with Crippen LogP contribution in [0.5, 0.6) is 0 Å². The molecule has 34 heavy (non-hydrogen) atoms. The number of likely N-dealkylation sites (tertiary alicyclic amines) is 1. The van der Waals surface area contributed by atoms with Gasteiger partial charge >= 0.3 is 6.18 Å². The Bertz CT molecular complexity index is 1270. The van der Waals surface area contributed by atoms with E-state index in [1.54, 1.807) is 0 Å². The monoisotopic (exact) mass is 482 g/mol. The Hall–Kier alpha value is -3.77. The van der Waals surface area contributed by atoms with Crippen molar-refractivity contribution in [2.75, 3.05) is 32.4 Å². The Balaban J connectivity index is 1.55. The number of carbonyl (C=O) groups excluding carboxylic acids is 2. The van der Waals surface area contributed by atoms with Gasteiger partial charge in [-0.3, -0.25) is 14.3 Å². The number of halogens is 5. The van der Waals surface area contributed by atoms with Gasteiger partial charge in [0.05, 0.1) is 23.0 Å². The summed E-state index contributed by atoms with van der Waals surface area (Å²) in [4.78, 5) is 30.4. The second-order valence-corrected chi connectivity index (χ2v) is 8.07. The van der Waals surface area contributed by atoms with Crippen molar-refractivity contribution in [1.82, 2.24) is 24.6 Å². The third kappa shape index (κ3) is 4.63. The molecular weight excluding hydrogens is 463 g/mol. The third-order valence-corrected chi connectivity index (χ3v) is 5.53. The lowest BCUT2D eigenvalue weighted by Gasteiger charge is -2.38. The van der Waals surface area contributed by atoms with Crippen molar-refractivity contribution in [2.24, 2.45) is 0 Å². The zero-order valence-electron chi connectivity index (χ0n) is 17.8. The van der Waals surface area contributed by atoms with Crippen LogP contribution in [0.25, 0.3) is 10.9 Å². The summed E-state index contributed by atoms with van der Waals surface area (Å²) in [6.45, 7) is -1.61. The second kappa shape index (κ2) is 8.54. The first-order valence-corrected chi connectivity index (χ1v) is 10.1. The number of fused-ring (bicyclic) bond motifs is 1. The van der Waals surface area contributed by atoms with Crippen LogP contribution in [0.15, 0.2) is 30.5 Å². The number of aromatic nitrogens is 3. The van der Waals surface area contributed by atoms with Crippen LogP contribution in [-0.2, 0) is 11.3 Å². The number of nitrogen functional groups attached to an aromatic ring is 1. The minimum atomic E-state index is -4.55. The number of pyridine rings is 1. The molecule has 2 amide bonds. The highest BCUT2D eigenvalue weighted by molar-refractivity contribution is 5.96. The topological polar surface area (TPSA) is 97.4 Å². The van der Waals surface area contributed by atoms with Crippen LogP contribution in [0.1, 0.15) is 22.0 Å². The SMILES string of the molecule is CN(CC(F)(F)F)C(=O)Cn1nc(C2CN(C(=O)c3cc(N)ncc3F)C2)c2cc(F)ccc21. The molecule has 0 unspecified atom stereocenters. The quantitative estimate of drug-likeness (QED) is 0.564. The summed E-state index contributed by atoms with van der Waals surface area (Å²) in [5, 5.41) is 4.73. The maximum Gasteiger partial charge on any atom is 0.406 e. The fourth-order valence-electron chi connectivity index (χ4n) is 3.81. The van der Waals surface area contributed by atoms with Gasteiger partial charge in [0.25, 0.3) is 5.91 Å². The van der Waals surface area contributed by atoms with E-state index in [-0.39, 0.29) is 30.4 Å². The molecule has 3 aromatic rings. The molecule has 0 radical (unpaired) electrons. The van der Waals surface area contributed by atoms with Gasteiger partial charge in [0, 0.05) is 31.4 Å². The number of anilines is 1. The Labute approximate surface area is 189 Å². The lowest BCUT2D eigenvalue weighted by Crippen LogP contribution is -2.49. The van der Waals surface area contributed by atoms with Crippen molar-refractivity contribution in [3.8, 4) is 0 Å². The number of carbonyl (C=O) groups is 2. The molecule has 0 aliphatic carbocycles. The zero-order valence-corrected chi connectivity index (χ0v) is 17.8. The van der Waals surface area contributed by atoms with Gasteiger partial charge in [-0.1, -0.05) is 0 Å². The molecule has 180 valence electrons. The van der Waals surface area contributed by atoms with Gasteiger partial charge in [0.15, 0.2) is 5.82 Å². The summed E-state index contributed by atoms with van der Waals surface area (Å²) < 4.78 is 67.0. The van der Waals surface area contributed by atoms with Crippen molar-refractivity contribution in [3.05, 3.63) is 53.4 Å². The Morgan fingerprint density at radius 3 is 2.59 bits per heavy atom. The lowest BCUT2D eigenvalue weighted by atomic mass is 9.93. The maximum atomic E-state index is 14.0. The Kier molecular flexibility index (Phi) is 5.87. The highest BCUT2D eigenvalue weighted by atomic mass is 19.4. The van der Waals surface area contributed by atoms with Crippen LogP contribution in [0.2, 0.25) is 0 Å². The first-order valence-electron chi connectivity index (χ1n) is 10.1. The lowest BCUT2D eigenvalue weighted by molar-refractivity contribution is -0.158. The number of hydrogen-bond donors (Lipinski definition) is 1. The van der Waals surface area contributed by atoms with E-state index < -0.39 is 42.7 Å². The summed E-state index contributed by atoms with van der Waals surface area (Å²) in [7, 11) is 1.03. The molecule has 4 rings (SSSR count). The van der Waals surface area contributed by atoms with Crippen LogP contribution in [0.4, 0.5) is 27.8 Å². The van der Waals surface area contributed by atoms with E-state index in [1.165, 1.54) is 21.7 Å². The Morgan fingerprint density at radius 1 is 1.21 bits per heavy atom. The molecule has 1 aliphatic rings. The van der Waals surface area contributed by atoms with Crippen LogP contribution in [0, 0.1) is 11.6 Å².